The highest BCUT2D eigenvalue weighted by molar-refractivity contribution is 5.98. The van der Waals surface area contributed by atoms with Crippen LogP contribution in [-0.4, -0.2) is 43.3 Å². The van der Waals surface area contributed by atoms with Gasteiger partial charge in [0, 0.05) is 37.4 Å². The van der Waals surface area contributed by atoms with Crippen LogP contribution in [0.5, 0.6) is 0 Å². The van der Waals surface area contributed by atoms with Gasteiger partial charge in [0.1, 0.15) is 11.6 Å². The number of aryl methyl sites for hydroxylation is 3. The SMILES string of the molecule is Cc1ccc2nn(C)cc2c1-c1cc(F)c(F)c(C(CC(=O)O)NC(=O)[C@H](CC(C)C)NC(=O)c2cccn(C)c2=O)c1. The second-order valence-corrected chi connectivity index (χ2v) is 11.0. The van der Waals surface area contributed by atoms with Crippen LogP contribution >= 0.6 is 0 Å². The molecule has 0 fully saturated rings. The second kappa shape index (κ2) is 12.6. The first-order valence-electron chi connectivity index (χ1n) is 13.7. The van der Waals surface area contributed by atoms with Gasteiger partial charge in [-0.25, -0.2) is 8.78 Å². The summed E-state index contributed by atoms with van der Waals surface area (Å²) in [4.78, 5) is 50.8. The molecule has 0 bridgehead atoms. The molecule has 1 unspecified atom stereocenters. The summed E-state index contributed by atoms with van der Waals surface area (Å²) in [5.74, 6) is -5.59. The molecule has 10 nitrogen and oxygen atoms in total. The van der Waals surface area contributed by atoms with Crippen molar-refractivity contribution >= 4 is 28.7 Å². The summed E-state index contributed by atoms with van der Waals surface area (Å²) in [6, 6.07) is 6.09. The molecule has 2 atom stereocenters. The van der Waals surface area contributed by atoms with Crippen LogP contribution in [0.15, 0.2) is 53.6 Å². The van der Waals surface area contributed by atoms with Crippen molar-refractivity contribution in [2.24, 2.45) is 20.0 Å². The number of halogens is 2. The minimum atomic E-state index is -1.48. The summed E-state index contributed by atoms with van der Waals surface area (Å²) < 4.78 is 33.3. The van der Waals surface area contributed by atoms with Crippen molar-refractivity contribution in [3.8, 4) is 11.1 Å². The van der Waals surface area contributed by atoms with E-state index in [0.717, 1.165) is 11.6 Å². The van der Waals surface area contributed by atoms with Gasteiger partial charge in [0.2, 0.25) is 5.91 Å². The molecule has 2 aromatic carbocycles. The summed E-state index contributed by atoms with van der Waals surface area (Å²) in [5, 5.41) is 19.8. The van der Waals surface area contributed by atoms with Gasteiger partial charge in [-0.2, -0.15) is 5.10 Å². The molecule has 226 valence electrons. The number of hydrogen-bond acceptors (Lipinski definition) is 5. The number of pyridine rings is 1. The number of nitrogens with zero attached hydrogens (tertiary/aromatic N) is 3. The highest BCUT2D eigenvalue weighted by atomic mass is 19.2. The molecule has 12 heteroatoms. The van der Waals surface area contributed by atoms with Crippen molar-refractivity contribution in [2.45, 2.75) is 45.7 Å². The number of fused-ring (bicyclic) bond motifs is 1. The molecule has 0 aliphatic rings. The molecule has 0 aliphatic heterocycles. The predicted molar refractivity (Wildman–Crippen MR) is 156 cm³/mol. The Hall–Kier alpha value is -4.87. The van der Waals surface area contributed by atoms with Gasteiger partial charge >= 0.3 is 5.97 Å². The Bertz CT molecular complexity index is 1780. The summed E-state index contributed by atoms with van der Waals surface area (Å²) >= 11 is 0. The van der Waals surface area contributed by atoms with Crippen molar-refractivity contribution in [1.82, 2.24) is 25.0 Å². The van der Waals surface area contributed by atoms with Gasteiger partial charge in [0.05, 0.1) is 18.0 Å². The fourth-order valence-corrected chi connectivity index (χ4v) is 5.11. The van der Waals surface area contributed by atoms with E-state index >= 15 is 8.78 Å². The summed E-state index contributed by atoms with van der Waals surface area (Å²) in [6.07, 6.45) is 2.59. The minimum absolute atomic E-state index is 0.104. The van der Waals surface area contributed by atoms with E-state index in [9.17, 15) is 24.3 Å². The largest absolute Gasteiger partial charge is 0.481 e. The Kier molecular flexibility index (Phi) is 9.07. The average Bonchev–Trinajstić information content (AvgIpc) is 3.30. The van der Waals surface area contributed by atoms with Gasteiger partial charge in [-0.3, -0.25) is 23.9 Å². The van der Waals surface area contributed by atoms with Crippen LogP contribution in [0.4, 0.5) is 8.78 Å². The van der Waals surface area contributed by atoms with E-state index in [2.05, 4.69) is 15.7 Å². The van der Waals surface area contributed by atoms with Gasteiger partial charge in [0.15, 0.2) is 11.6 Å². The number of nitrogens with one attached hydrogen (secondary N) is 2. The number of carboxylic acids is 1. The summed E-state index contributed by atoms with van der Waals surface area (Å²) in [6.45, 7) is 5.42. The van der Waals surface area contributed by atoms with Gasteiger partial charge in [-0.15, -0.1) is 0 Å². The van der Waals surface area contributed by atoms with Crippen LogP contribution in [0.25, 0.3) is 22.0 Å². The Labute approximate surface area is 246 Å². The number of hydrogen-bond donors (Lipinski definition) is 3. The van der Waals surface area contributed by atoms with E-state index in [4.69, 9.17) is 0 Å². The van der Waals surface area contributed by atoms with Crippen molar-refractivity contribution in [3.63, 3.8) is 0 Å². The molecule has 4 rings (SSSR count). The molecular weight excluding hydrogens is 560 g/mol. The normalized spacial score (nSPS) is 12.7. The fourth-order valence-electron chi connectivity index (χ4n) is 5.11. The number of carbonyl (C=O) groups excluding carboxylic acids is 2. The molecule has 3 N–H and O–H groups in total. The number of aromatic nitrogens is 3. The van der Waals surface area contributed by atoms with E-state index < -0.39 is 53.5 Å². The maximum atomic E-state index is 15.3. The zero-order valence-electron chi connectivity index (χ0n) is 24.4. The molecular formula is C31H33F2N5O5. The van der Waals surface area contributed by atoms with Gasteiger partial charge in [-0.05, 0) is 66.3 Å². The lowest BCUT2D eigenvalue weighted by Gasteiger charge is -2.25. The first-order valence-corrected chi connectivity index (χ1v) is 13.7. The van der Waals surface area contributed by atoms with E-state index in [1.165, 1.54) is 36.0 Å². The number of carboxylic acid groups (broad SMARTS) is 1. The maximum absolute atomic E-state index is 15.3. The van der Waals surface area contributed by atoms with Crippen molar-refractivity contribution < 1.29 is 28.3 Å². The lowest BCUT2D eigenvalue weighted by molar-refractivity contribution is -0.137. The standard InChI is InChI=1S/C31H33F2N5O5/c1-16(2)11-25(35-29(41)19-7-6-10-37(4)31(19)43)30(42)34-24(14-26(39)40)20-12-18(13-22(32)28(20)33)27-17(3)8-9-23-21(27)15-38(5)36-23/h6-10,12-13,15-16,24-25H,11,14H2,1-5H3,(H,34,42)(H,35,41)(H,39,40)/t24?,25-/m0/s1. The van der Waals surface area contributed by atoms with Gasteiger partial charge < -0.3 is 20.3 Å². The molecule has 0 radical (unpaired) electrons. The van der Waals surface area contributed by atoms with Crippen LogP contribution in [0.3, 0.4) is 0 Å². The molecule has 0 spiro atoms. The number of benzene rings is 2. The third-order valence-electron chi connectivity index (χ3n) is 7.12. The number of aliphatic carboxylic acids is 1. The summed E-state index contributed by atoms with van der Waals surface area (Å²) in [7, 11) is 3.21. The fraction of sp³-hybridized carbons (Fsp3) is 0.323. The molecule has 0 saturated heterocycles. The highest BCUT2D eigenvalue weighted by Crippen LogP contribution is 2.35. The molecule has 2 aromatic heterocycles. The highest BCUT2D eigenvalue weighted by Gasteiger charge is 2.30. The molecule has 2 heterocycles. The zero-order valence-corrected chi connectivity index (χ0v) is 24.4. The minimum Gasteiger partial charge on any atom is -0.481 e. The molecule has 2 amide bonds. The average molecular weight is 594 g/mol. The smallest absolute Gasteiger partial charge is 0.305 e. The molecule has 0 aliphatic carbocycles. The van der Waals surface area contributed by atoms with Crippen LogP contribution < -0.4 is 16.2 Å². The topological polar surface area (TPSA) is 135 Å². The van der Waals surface area contributed by atoms with Crippen molar-refractivity contribution in [1.29, 1.82) is 0 Å². The van der Waals surface area contributed by atoms with Gasteiger partial charge in [0.25, 0.3) is 11.5 Å². The Morgan fingerprint density at radius 1 is 1.07 bits per heavy atom. The third-order valence-corrected chi connectivity index (χ3v) is 7.12. The third kappa shape index (κ3) is 6.79. The second-order valence-electron chi connectivity index (χ2n) is 11.0. The van der Waals surface area contributed by atoms with Crippen LogP contribution in [0, 0.1) is 24.5 Å². The number of carbonyl (C=O) groups is 3. The molecule has 0 saturated carbocycles. The van der Waals surface area contributed by atoms with Crippen LogP contribution in [-0.2, 0) is 23.7 Å². The Morgan fingerprint density at radius 2 is 1.79 bits per heavy atom. The quantitative estimate of drug-likeness (QED) is 0.254. The lowest BCUT2D eigenvalue weighted by Crippen LogP contribution is -2.49. The van der Waals surface area contributed by atoms with Gasteiger partial charge in [-0.1, -0.05) is 19.9 Å². The van der Waals surface area contributed by atoms with Crippen LogP contribution in [0.1, 0.15) is 54.2 Å². The van der Waals surface area contributed by atoms with E-state index in [-0.39, 0.29) is 29.0 Å². The van der Waals surface area contributed by atoms with Crippen molar-refractivity contribution in [3.05, 3.63) is 87.5 Å². The first kappa shape index (κ1) is 31.1. The first-order chi connectivity index (χ1) is 20.3. The zero-order chi connectivity index (χ0) is 31.6. The Balaban J connectivity index is 1.73. The summed E-state index contributed by atoms with van der Waals surface area (Å²) in [5.41, 5.74) is 1.13. The van der Waals surface area contributed by atoms with E-state index in [0.29, 0.717) is 16.5 Å². The predicted octanol–water partition coefficient (Wildman–Crippen LogP) is 4.00. The van der Waals surface area contributed by atoms with Crippen LogP contribution in [0.2, 0.25) is 0 Å². The molecule has 4 aromatic rings. The molecule has 43 heavy (non-hydrogen) atoms. The lowest BCUT2D eigenvalue weighted by atomic mass is 9.92. The number of amides is 2. The maximum Gasteiger partial charge on any atom is 0.305 e. The number of rotatable bonds is 10. The van der Waals surface area contributed by atoms with Crippen molar-refractivity contribution in [2.75, 3.05) is 0 Å². The van der Waals surface area contributed by atoms with E-state index in [1.807, 2.05) is 13.8 Å². The van der Waals surface area contributed by atoms with E-state index in [1.54, 1.807) is 37.0 Å². The monoisotopic (exact) mass is 593 g/mol. The Morgan fingerprint density at radius 3 is 2.47 bits per heavy atom.